The van der Waals surface area contributed by atoms with Gasteiger partial charge in [-0.2, -0.15) is 27.4 Å². The van der Waals surface area contributed by atoms with Gasteiger partial charge in [-0.15, -0.1) is 0 Å². The number of benzene rings is 1. The Bertz CT molecular complexity index is 768. The van der Waals surface area contributed by atoms with Crippen LogP contribution in [0.5, 0.6) is 0 Å². The Balaban J connectivity index is 2.12. The molecule has 0 bridgehead atoms. The maximum Gasteiger partial charge on any atom is 0.282 e. The lowest BCUT2D eigenvalue weighted by molar-refractivity contribution is -0.130. The van der Waals surface area contributed by atoms with Crippen LogP contribution in [0.1, 0.15) is 12.0 Å². The first-order chi connectivity index (χ1) is 11.4. The largest absolute Gasteiger partial charge is 0.282 e. The Morgan fingerprint density at radius 2 is 2.00 bits per heavy atom. The fourth-order valence-corrected chi connectivity index (χ4v) is 3.19. The van der Waals surface area contributed by atoms with E-state index in [2.05, 4.69) is 5.10 Å². The number of carbonyl (C=O) groups excluding carboxylic acids is 1. The SMILES string of the molecule is CN(C)S(=O)(=O)N(CC#N)CC(=O)N1CCC(c2ccccc2)=N1. The van der Waals surface area contributed by atoms with Crippen LogP contribution < -0.4 is 0 Å². The smallest absolute Gasteiger partial charge is 0.271 e. The average molecular weight is 349 g/mol. The van der Waals surface area contributed by atoms with Gasteiger partial charge in [0.1, 0.15) is 6.54 Å². The highest BCUT2D eigenvalue weighted by Crippen LogP contribution is 2.14. The third-order valence-electron chi connectivity index (χ3n) is 3.54. The van der Waals surface area contributed by atoms with Crippen LogP contribution in [0.15, 0.2) is 35.4 Å². The van der Waals surface area contributed by atoms with Gasteiger partial charge in [0, 0.05) is 20.5 Å². The second kappa shape index (κ2) is 7.53. The van der Waals surface area contributed by atoms with Crippen LogP contribution in [0.25, 0.3) is 0 Å². The molecule has 1 aromatic rings. The van der Waals surface area contributed by atoms with Crippen molar-refractivity contribution in [3.63, 3.8) is 0 Å². The first-order valence-corrected chi connectivity index (χ1v) is 8.73. The molecule has 2 rings (SSSR count). The Morgan fingerprint density at radius 1 is 1.33 bits per heavy atom. The molecule has 128 valence electrons. The molecule has 24 heavy (non-hydrogen) atoms. The summed E-state index contributed by atoms with van der Waals surface area (Å²) in [5.41, 5.74) is 1.72. The summed E-state index contributed by atoms with van der Waals surface area (Å²) in [4.78, 5) is 12.4. The molecule has 1 amide bonds. The lowest BCUT2D eigenvalue weighted by atomic mass is 10.1. The van der Waals surface area contributed by atoms with Crippen molar-refractivity contribution in [3.8, 4) is 6.07 Å². The molecule has 0 fully saturated rings. The van der Waals surface area contributed by atoms with Gasteiger partial charge in [0.2, 0.25) is 0 Å². The first-order valence-electron chi connectivity index (χ1n) is 7.34. The molecule has 0 aliphatic carbocycles. The standard InChI is InChI=1S/C15H19N5O3S/c1-18(2)24(22,23)19(11-9-16)12-15(21)20-10-8-14(17-20)13-6-4-3-5-7-13/h3-7H,8,10-12H2,1-2H3. The van der Waals surface area contributed by atoms with E-state index in [1.54, 1.807) is 6.07 Å². The number of rotatable bonds is 6. The van der Waals surface area contributed by atoms with E-state index in [0.717, 1.165) is 19.9 Å². The summed E-state index contributed by atoms with van der Waals surface area (Å²) in [6.45, 7) is -0.416. The average Bonchev–Trinajstić information content (AvgIpc) is 3.05. The van der Waals surface area contributed by atoms with E-state index in [1.807, 2.05) is 30.3 Å². The van der Waals surface area contributed by atoms with Crippen molar-refractivity contribution < 1.29 is 13.2 Å². The summed E-state index contributed by atoms with van der Waals surface area (Å²) in [7, 11) is -1.14. The summed E-state index contributed by atoms with van der Waals surface area (Å²) in [5.74, 6) is -0.457. The summed E-state index contributed by atoms with van der Waals surface area (Å²) in [5, 5.41) is 14.4. The molecular weight excluding hydrogens is 330 g/mol. The number of carbonyl (C=O) groups is 1. The fourth-order valence-electron chi connectivity index (χ4n) is 2.23. The van der Waals surface area contributed by atoms with E-state index in [9.17, 15) is 13.2 Å². The van der Waals surface area contributed by atoms with Crippen LogP contribution in [-0.2, 0) is 15.0 Å². The molecule has 0 atom stereocenters. The highest BCUT2D eigenvalue weighted by molar-refractivity contribution is 7.86. The molecule has 0 spiro atoms. The fraction of sp³-hybridized carbons (Fsp3) is 0.400. The third-order valence-corrected chi connectivity index (χ3v) is 5.38. The number of amides is 1. The van der Waals surface area contributed by atoms with Gasteiger partial charge in [0.25, 0.3) is 16.1 Å². The zero-order valence-corrected chi connectivity index (χ0v) is 14.4. The van der Waals surface area contributed by atoms with Crippen molar-refractivity contribution in [2.45, 2.75) is 6.42 Å². The van der Waals surface area contributed by atoms with E-state index in [0.29, 0.717) is 13.0 Å². The minimum atomic E-state index is -3.84. The van der Waals surface area contributed by atoms with Crippen LogP contribution in [0.4, 0.5) is 0 Å². The van der Waals surface area contributed by atoms with Gasteiger partial charge in [0.05, 0.1) is 24.9 Å². The molecule has 0 radical (unpaired) electrons. The van der Waals surface area contributed by atoms with E-state index >= 15 is 0 Å². The van der Waals surface area contributed by atoms with Crippen molar-refractivity contribution in [2.24, 2.45) is 5.10 Å². The van der Waals surface area contributed by atoms with E-state index < -0.39 is 29.2 Å². The summed E-state index contributed by atoms with van der Waals surface area (Å²) in [6, 6.07) is 11.3. The van der Waals surface area contributed by atoms with Crippen molar-refractivity contribution in [2.75, 3.05) is 33.7 Å². The molecule has 1 heterocycles. The molecule has 0 aromatic heterocycles. The van der Waals surface area contributed by atoms with Crippen LogP contribution in [0.2, 0.25) is 0 Å². The molecule has 0 N–H and O–H groups in total. The molecule has 8 nitrogen and oxygen atoms in total. The van der Waals surface area contributed by atoms with Crippen LogP contribution in [0.3, 0.4) is 0 Å². The number of hydrogen-bond acceptors (Lipinski definition) is 5. The topological polar surface area (TPSA) is 97.1 Å². The predicted molar refractivity (Wildman–Crippen MR) is 89.1 cm³/mol. The second-order valence-corrected chi connectivity index (χ2v) is 7.54. The Hall–Kier alpha value is -2.28. The molecular formula is C15H19N5O3S. The Morgan fingerprint density at radius 3 is 2.58 bits per heavy atom. The summed E-state index contributed by atoms with van der Waals surface area (Å²) in [6.07, 6.45) is 0.606. The maximum atomic E-state index is 12.4. The molecule has 0 saturated carbocycles. The van der Waals surface area contributed by atoms with Crippen LogP contribution in [0, 0.1) is 11.3 Å². The Labute approximate surface area is 141 Å². The van der Waals surface area contributed by atoms with Crippen molar-refractivity contribution in [1.29, 1.82) is 5.26 Å². The minimum Gasteiger partial charge on any atom is -0.271 e. The number of nitriles is 1. The normalized spacial score (nSPS) is 14.8. The lowest BCUT2D eigenvalue weighted by Gasteiger charge is -2.23. The predicted octanol–water partition coefficient (Wildman–Crippen LogP) is 0.255. The van der Waals surface area contributed by atoms with E-state index in [1.165, 1.54) is 19.1 Å². The van der Waals surface area contributed by atoms with Gasteiger partial charge in [-0.05, 0) is 5.56 Å². The van der Waals surface area contributed by atoms with Crippen LogP contribution in [-0.4, -0.2) is 67.4 Å². The highest BCUT2D eigenvalue weighted by Gasteiger charge is 2.30. The molecule has 1 aliphatic heterocycles. The van der Waals surface area contributed by atoms with Gasteiger partial charge >= 0.3 is 0 Å². The number of nitrogens with zero attached hydrogens (tertiary/aromatic N) is 5. The van der Waals surface area contributed by atoms with Crippen molar-refractivity contribution >= 4 is 21.8 Å². The third kappa shape index (κ3) is 3.97. The molecule has 1 aromatic carbocycles. The zero-order valence-electron chi connectivity index (χ0n) is 13.6. The number of hydrazone groups is 1. The lowest BCUT2D eigenvalue weighted by Crippen LogP contribution is -2.45. The summed E-state index contributed by atoms with van der Waals surface area (Å²) < 4.78 is 26.1. The monoisotopic (exact) mass is 349 g/mol. The van der Waals surface area contributed by atoms with Crippen LogP contribution >= 0.6 is 0 Å². The second-order valence-electron chi connectivity index (χ2n) is 5.40. The van der Waals surface area contributed by atoms with Gasteiger partial charge in [-0.25, -0.2) is 5.01 Å². The minimum absolute atomic E-state index is 0.394. The van der Waals surface area contributed by atoms with E-state index in [-0.39, 0.29) is 0 Å². The maximum absolute atomic E-state index is 12.4. The van der Waals surface area contributed by atoms with E-state index in [4.69, 9.17) is 5.26 Å². The zero-order chi connectivity index (χ0) is 17.7. The van der Waals surface area contributed by atoms with Gasteiger partial charge in [-0.3, -0.25) is 4.79 Å². The molecule has 0 saturated heterocycles. The van der Waals surface area contributed by atoms with Gasteiger partial charge in [0.15, 0.2) is 0 Å². The highest BCUT2D eigenvalue weighted by atomic mass is 32.2. The van der Waals surface area contributed by atoms with Gasteiger partial charge in [-0.1, -0.05) is 30.3 Å². The van der Waals surface area contributed by atoms with Gasteiger partial charge < -0.3 is 0 Å². The summed E-state index contributed by atoms with van der Waals surface area (Å²) >= 11 is 0. The Kier molecular flexibility index (Phi) is 5.66. The first kappa shape index (κ1) is 18.1. The van der Waals surface area contributed by atoms with Crippen molar-refractivity contribution in [1.82, 2.24) is 13.6 Å². The number of hydrogen-bond donors (Lipinski definition) is 0. The quantitative estimate of drug-likeness (QED) is 0.688. The molecule has 9 heteroatoms. The van der Waals surface area contributed by atoms with Crippen molar-refractivity contribution in [3.05, 3.63) is 35.9 Å². The molecule has 0 unspecified atom stereocenters. The molecule has 1 aliphatic rings.